The van der Waals surface area contributed by atoms with Crippen LogP contribution in [0.5, 0.6) is 11.5 Å². The predicted octanol–water partition coefficient (Wildman–Crippen LogP) is 2.92. The third-order valence-electron chi connectivity index (χ3n) is 3.73. The van der Waals surface area contributed by atoms with E-state index >= 15 is 0 Å². The quantitative estimate of drug-likeness (QED) is 0.538. The van der Waals surface area contributed by atoms with Gasteiger partial charge in [0.05, 0.1) is 38.5 Å². The molecule has 136 valence electrons. The number of carbonyl (C=O) groups is 1. The summed E-state index contributed by atoms with van der Waals surface area (Å²) in [6.07, 6.45) is 4.52. The molecule has 0 aliphatic carbocycles. The molecule has 0 atom stereocenters. The highest BCUT2D eigenvalue weighted by atomic mass is 16.5. The number of ether oxygens (including phenoxy) is 2. The van der Waals surface area contributed by atoms with Gasteiger partial charge in [0.15, 0.2) is 0 Å². The van der Waals surface area contributed by atoms with Gasteiger partial charge in [0.2, 0.25) is 0 Å². The molecule has 1 N–H and O–H groups in total. The number of carbonyl (C=O) groups excluding carboxylic acids is 1. The third kappa shape index (κ3) is 4.66. The molecule has 27 heavy (non-hydrogen) atoms. The lowest BCUT2D eigenvalue weighted by atomic mass is 10.1. The van der Waals surface area contributed by atoms with Gasteiger partial charge in [0.25, 0.3) is 5.91 Å². The number of aromatic nitrogens is 2. The van der Waals surface area contributed by atoms with Gasteiger partial charge in [-0.3, -0.25) is 9.78 Å². The molecule has 0 saturated carbocycles. The Kier molecular flexibility index (Phi) is 5.73. The minimum Gasteiger partial charge on any atom is -0.497 e. The zero-order chi connectivity index (χ0) is 19.1. The van der Waals surface area contributed by atoms with Crippen molar-refractivity contribution >= 4 is 12.1 Å². The van der Waals surface area contributed by atoms with Crippen LogP contribution in [-0.4, -0.2) is 36.3 Å². The van der Waals surface area contributed by atoms with Crippen molar-refractivity contribution in [1.29, 1.82) is 0 Å². The van der Waals surface area contributed by atoms with E-state index in [-0.39, 0.29) is 5.69 Å². The van der Waals surface area contributed by atoms with Gasteiger partial charge in [0.1, 0.15) is 17.2 Å². The Morgan fingerprint density at radius 3 is 2.56 bits per heavy atom. The maximum absolute atomic E-state index is 12.3. The van der Waals surface area contributed by atoms with Crippen LogP contribution in [0.2, 0.25) is 0 Å². The van der Waals surface area contributed by atoms with E-state index in [1.807, 2.05) is 42.5 Å². The summed E-state index contributed by atoms with van der Waals surface area (Å²) in [6, 6.07) is 14.7. The summed E-state index contributed by atoms with van der Waals surface area (Å²) < 4.78 is 10.3. The molecule has 3 aromatic rings. The van der Waals surface area contributed by atoms with Crippen LogP contribution in [0.1, 0.15) is 16.1 Å². The van der Waals surface area contributed by atoms with E-state index in [0.29, 0.717) is 11.4 Å². The second kappa shape index (κ2) is 8.57. The molecule has 3 rings (SSSR count). The van der Waals surface area contributed by atoms with E-state index in [1.54, 1.807) is 26.5 Å². The lowest BCUT2D eigenvalue weighted by molar-refractivity contribution is 0.0950. The van der Waals surface area contributed by atoms with E-state index in [0.717, 1.165) is 16.9 Å². The summed E-state index contributed by atoms with van der Waals surface area (Å²) in [4.78, 5) is 20.7. The number of rotatable bonds is 6. The van der Waals surface area contributed by atoms with Crippen LogP contribution < -0.4 is 14.9 Å². The minimum absolute atomic E-state index is 0.172. The summed E-state index contributed by atoms with van der Waals surface area (Å²) in [7, 11) is 3.19. The molecule has 0 unspecified atom stereocenters. The van der Waals surface area contributed by atoms with Crippen LogP contribution in [0, 0.1) is 0 Å². The van der Waals surface area contributed by atoms with Crippen molar-refractivity contribution < 1.29 is 14.3 Å². The highest BCUT2D eigenvalue weighted by Gasteiger charge is 2.09. The van der Waals surface area contributed by atoms with Crippen molar-refractivity contribution in [3.8, 4) is 22.8 Å². The Labute approximate surface area is 156 Å². The van der Waals surface area contributed by atoms with E-state index in [1.165, 1.54) is 12.4 Å². The Morgan fingerprint density at radius 1 is 1.04 bits per heavy atom. The van der Waals surface area contributed by atoms with Crippen molar-refractivity contribution in [3.05, 3.63) is 72.2 Å². The van der Waals surface area contributed by atoms with Crippen LogP contribution in [-0.2, 0) is 0 Å². The fraction of sp³-hybridized carbons (Fsp3) is 0.100. The van der Waals surface area contributed by atoms with Crippen LogP contribution in [0.25, 0.3) is 11.3 Å². The van der Waals surface area contributed by atoms with E-state index < -0.39 is 5.91 Å². The van der Waals surface area contributed by atoms with Gasteiger partial charge in [-0.25, -0.2) is 10.4 Å². The second-order valence-corrected chi connectivity index (χ2v) is 5.49. The SMILES string of the molecule is COc1ccc(-c2cncc(C(=O)N/N=C/c3cccc(OC)c3)n2)cc1. The molecule has 0 fully saturated rings. The summed E-state index contributed by atoms with van der Waals surface area (Å²) in [5, 5.41) is 3.95. The Morgan fingerprint density at radius 2 is 1.81 bits per heavy atom. The standard InChI is InChI=1S/C20H18N4O3/c1-26-16-8-6-15(7-9-16)18-12-21-13-19(23-18)20(25)24-22-11-14-4-3-5-17(10-14)27-2/h3-13H,1-2H3,(H,24,25)/b22-11+. The number of nitrogens with one attached hydrogen (secondary N) is 1. The molecule has 0 aliphatic heterocycles. The van der Waals surface area contributed by atoms with Crippen molar-refractivity contribution in [2.45, 2.75) is 0 Å². The fourth-order valence-corrected chi connectivity index (χ4v) is 2.32. The molecule has 1 amide bonds. The molecule has 2 aromatic carbocycles. The van der Waals surface area contributed by atoms with Gasteiger partial charge in [-0.15, -0.1) is 0 Å². The molecule has 1 aromatic heterocycles. The molecule has 0 spiro atoms. The maximum atomic E-state index is 12.3. The van der Waals surface area contributed by atoms with Gasteiger partial charge in [-0.2, -0.15) is 5.10 Å². The van der Waals surface area contributed by atoms with Crippen LogP contribution >= 0.6 is 0 Å². The van der Waals surface area contributed by atoms with E-state index in [9.17, 15) is 4.79 Å². The van der Waals surface area contributed by atoms with Crippen LogP contribution in [0.4, 0.5) is 0 Å². The zero-order valence-corrected chi connectivity index (χ0v) is 14.9. The monoisotopic (exact) mass is 362 g/mol. The highest BCUT2D eigenvalue weighted by molar-refractivity contribution is 5.93. The van der Waals surface area contributed by atoms with Gasteiger partial charge < -0.3 is 9.47 Å². The molecule has 0 bridgehead atoms. The van der Waals surface area contributed by atoms with E-state index in [2.05, 4.69) is 20.5 Å². The minimum atomic E-state index is -0.447. The first-order valence-electron chi connectivity index (χ1n) is 8.13. The topological polar surface area (TPSA) is 85.7 Å². The number of benzene rings is 2. The van der Waals surface area contributed by atoms with Crippen molar-refractivity contribution in [1.82, 2.24) is 15.4 Å². The number of nitrogens with zero attached hydrogens (tertiary/aromatic N) is 3. The van der Waals surface area contributed by atoms with Crippen LogP contribution in [0.3, 0.4) is 0 Å². The average Bonchev–Trinajstić information content (AvgIpc) is 2.74. The number of methoxy groups -OCH3 is 2. The van der Waals surface area contributed by atoms with Crippen LogP contribution in [0.15, 0.2) is 66.0 Å². The second-order valence-electron chi connectivity index (χ2n) is 5.49. The first-order valence-corrected chi connectivity index (χ1v) is 8.13. The average molecular weight is 362 g/mol. The molecule has 0 radical (unpaired) electrons. The largest absolute Gasteiger partial charge is 0.497 e. The smallest absolute Gasteiger partial charge is 0.291 e. The number of hydrazone groups is 1. The number of hydrogen-bond acceptors (Lipinski definition) is 6. The first-order chi connectivity index (χ1) is 13.2. The molecular weight excluding hydrogens is 344 g/mol. The molecular formula is C20H18N4O3. The Bertz CT molecular complexity index is 955. The summed E-state index contributed by atoms with van der Waals surface area (Å²) in [5.74, 6) is 1.01. The van der Waals surface area contributed by atoms with Gasteiger partial charge in [0, 0.05) is 5.56 Å². The highest BCUT2D eigenvalue weighted by Crippen LogP contribution is 2.20. The molecule has 7 nitrogen and oxygen atoms in total. The Hall–Kier alpha value is -3.74. The molecule has 7 heteroatoms. The van der Waals surface area contributed by atoms with Gasteiger partial charge >= 0.3 is 0 Å². The summed E-state index contributed by atoms with van der Waals surface area (Å²) >= 11 is 0. The van der Waals surface area contributed by atoms with Crippen molar-refractivity contribution in [2.75, 3.05) is 14.2 Å². The molecule has 1 heterocycles. The lowest BCUT2D eigenvalue weighted by Crippen LogP contribution is -2.19. The number of hydrogen-bond donors (Lipinski definition) is 1. The number of amides is 1. The first kappa shape index (κ1) is 18.1. The summed E-state index contributed by atoms with van der Waals surface area (Å²) in [6.45, 7) is 0. The fourth-order valence-electron chi connectivity index (χ4n) is 2.32. The van der Waals surface area contributed by atoms with Gasteiger partial charge in [-0.05, 0) is 42.0 Å². The Balaban J connectivity index is 1.70. The lowest BCUT2D eigenvalue weighted by Gasteiger charge is -2.05. The van der Waals surface area contributed by atoms with E-state index in [4.69, 9.17) is 9.47 Å². The van der Waals surface area contributed by atoms with Crippen molar-refractivity contribution in [2.24, 2.45) is 5.10 Å². The zero-order valence-electron chi connectivity index (χ0n) is 14.9. The summed E-state index contributed by atoms with van der Waals surface area (Å²) in [5.41, 5.74) is 4.84. The maximum Gasteiger partial charge on any atom is 0.291 e. The third-order valence-corrected chi connectivity index (χ3v) is 3.73. The normalized spacial score (nSPS) is 10.6. The van der Waals surface area contributed by atoms with Gasteiger partial charge in [-0.1, -0.05) is 12.1 Å². The molecule has 0 saturated heterocycles. The van der Waals surface area contributed by atoms with Crippen molar-refractivity contribution in [3.63, 3.8) is 0 Å². The predicted molar refractivity (Wildman–Crippen MR) is 102 cm³/mol. The molecule has 0 aliphatic rings.